The molecule has 5 heteroatoms. The van der Waals surface area contributed by atoms with Crippen molar-refractivity contribution in [2.45, 2.75) is 5.85 Å². The van der Waals surface area contributed by atoms with E-state index in [1.54, 1.807) is 30.3 Å². The van der Waals surface area contributed by atoms with Gasteiger partial charge in [0.25, 0.3) is 0 Å². The molecule has 0 aliphatic carbocycles. The van der Waals surface area contributed by atoms with Crippen LogP contribution in [0.5, 0.6) is 0 Å². The van der Waals surface area contributed by atoms with Crippen molar-refractivity contribution in [3.05, 3.63) is 35.9 Å². The van der Waals surface area contributed by atoms with Crippen LogP contribution in [-0.2, 0) is 4.57 Å². The summed E-state index contributed by atoms with van der Waals surface area (Å²) in [5.74, 6) is -1.22. The maximum absolute atomic E-state index is 10.4. The van der Waals surface area contributed by atoms with Crippen LogP contribution in [0.2, 0.25) is 0 Å². The van der Waals surface area contributed by atoms with Crippen LogP contribution >= 0.6 is 8.03 Å². The van der Waals surface area contributed by atoms with E-state index >= 15 is 0 Å². The molecule has 0 radical (unpaired) electrons. The molecule has 62 valence electrons. The Morgan fingerprint density at radius 2 is 1.75 bits per heavy atom. The molecule has 1 rings (SSSR count). The van der Waals surface area contributed by atoms with Gasteiger partial charge in [-0.25, -0.2) is 0 Å². The minimum absolute atomic E-state index is 0. The first-order valence-corrected chi connectivity index (χ1v) is 4.61. The molecule has 1 aromatic rings. The second kappa shape index (κ2) is 6.46. The number of rotatable bonds is 2. The fourth-order valence-corrected chi connectivity index (χ4v) is 1.26. The van der Waals surface area contributed by atoms with Crippen LogP contribution < -0.4 is 0 Å². The second-order valence-corrected chi connectivity index (χ2v) is 3.37. The van der Waals surface area contributed by atoms with E-state index in [1.165, 1.54) is 0 Å². The van der Waals surface area contributed by atoms with E-state index in [2.05, 4.69) is 0 Å². The summed E-state index contributed by atoms with van der Waals surface area (Å²) >= 11 is 0. The molecule has 0 fully saturated rings. The molecule has 0 bridgehead atoms. The average molecular weight is 212 g/mol. The standard InChI is InChI=1S/C7H9O3P.K.H/c8-7(11(9)10)6-4-2-1-3-5-6;;/h1-5,7-8,11H,(H,9,10);;. The Hall–Kier alpha value is 1.01. The number of hydrogen-bond donors (Lipinski definition) is 2. The Balaban J connectivity index is 0.00000121. The summed E-state index contributed by atoms with van der Waals surface area (Å²) in [5, 5.41) is 9.08. The van der Waals surface area contributed by atoms with Gasteiger partial charge in [-0.05, 0) is 5.56 Å². The van der Waals surface area contributed by atoms with E-state index in [-0.39, 0.29) is 51.4 Å². The van der Waals surface area contributed by atoms with Crippen molar-refractivity contribution in [2.75, 3.05) is 0 Å². The van der Waals surface area contributed by atoms with Crippen molar-refractivity contribution in [1.29, 1.82) is 0 Å². The molecular weight excluding hydrogens is 202 g/mol. The van der Waals surface area contributed by atoms with Gasteiger partial charge in [0.15, 0.2) is 5.85 Å². The zero-order chi connectivity index (χ0) is 8.27. The predicted octanol–water partition coefficient (Wildman–Crippen LogP) is 0.496. The molecule has 0 aliphatic rings. The van der Waals surface area contributed by atoms with Crippen LogP contribution in [0.15, 0.2) is 30.3 Å². The Morgan fingerprint density at radius 3 is 2.17 bits per heavy atom. The first-order valence-electron chi connectivity index (χ1n) is 3.17. The van der Waals surface area contributed by atoms with Crippen molar-refractivity contribution < 1.29 is 14.6 Å². The van der Waals surface area contributed by atoms with Gasteiger partial charge in [0.2, 0.25) is 8.03 Å². The zero-order valence-corrected chi connectivity index (χ0v) is 6.77. The summed E-state index contributed by atoms with van der Waals surface area (Å²) in [6.07, 6.45) is 0. The molecule has 0 heterocycles. The molecule has 3 nitrogen and oxygen atoms in total. The Morgan fingerprint density at radius 1 is 1.25 bits per heavy atom. The molecule has 0 amide bonds. The molecule has 2 N–H and O–H groups in total. The van der Waals surface area contributed by atoms with E-state index in [0.717, 1.165) is 0 Å². The Bertz CT molecular complexity index is 252. The summed E-state index contributed by atoms with van der Waals surface area (Å²) in [4.78, 5) is 8.57. The summed E-state index contributed by atoms with van der Waals surface area (Å²) in [6, 6.07) is 8.43. The van der Waals surface area contributed by atoms with Crippen LogP contribution in [0.1, 0.15) is 11.4 Å². The molecule has 2 unspecified atom stereocenters. The first-order chi connectivity index (χ1) is 5.22. The van der Waals surface area contributed by atoms with Gasteiger partial charge in [-0.1, -0.05) is 30.3 Å². The van der Waals surface area contributed by atoms with Gasteiger partial charge in [0, 0.05) is 0 Å². The minimum atomic E-state index is -2.86. The Kier molecular flexibility index (Phi) is 7.00. The van der Waals surface area contributed by atoms with Crippen LogP contribution in [0.3, 0.4) is 0 Å². The van der Waals surface area contributed by atoms with Crippen molar-refractivity contribution in [1.82, 2.24) is 0 Å². The van der Waals surface area contributed by atoms with E-state index < -0.39 is 13.9 Å². The fourth-order valence-electron chi connectivity index (χ4n) is 0.778. The topological polar surface area (TPSA) is 57.5 Å². The molecule has 12 heavy (non-hydrogen) atoms. The molecule has 0 spiro atoms. The number of aliphatic hydroxyl groups is 1. The predicted molar refractivity (Wildman–Crippen MR) is 49.8 cm³/mol. The second-order valence-electron chi connectivity index (χ2n) is 2.15. The molecule has 0 saturated carbocycles. The monoisotopic (exact) mass is 212 g/mol. The van der Waals surface area contributed by atoms with Gasteiger partial charge in [-0.2, -0.15) is 0 Å². The van der Waals surface area contributed by atoms with Gasteiger partial charge < -0.3 is 10.00 Å². The summed E-state index contributed by atoms with van der Waals surface area (Å²) in [6.45, 7) is 0. The van der Waals surface area contributed by atoms with Gasteiger partial charge in [-0.3, -0.25) is 4.57 Å². The van der Waals surface area contributed by atoms with Gasteiger partial charge in [0.1, 0.15) is 0 Å². The van der Waals surface area contributed by atoms with Crippen molar-refractivity contribution in [2.24, 2.45) is 0 Å². The molecule has 0 aromatic heterocycles. The number of benzene rings is 1. The van der Waals surface area contributed by atoms with E-state index in [0.29, 0.717) is 5.56 Å². The van der Waals surface area contributed by atoms with Crippen LogP contribution in [0.25, 0.3) is 0 Å². The van der Waals surface area contributed by atoms with E-state index in [1.807, 2.05) is 0 Å². The third-order valence-corrected chi connectivity index (χ3v) is 2.15. The zero-order valence-electron chi connectivity index (χ0n) is 5.77. The molecule has 2 atom stereocenters. The van der Waals surface area contributed by atoms with Gasteiger partial charge in [-0.15, -0.1) is 0 Å². The maximum atomic E-state index is 10.4. The van der Waals surface area contributed by atoms with Crippen molar-refractivity contribution >= 4 is 59.4 Å². The molecular formula is C7H10KO3P. The van der Waals surface area contributed by atoms with E-state index in [4.69, 9.17) is 10.00 Å². The average Bonchev–Trinajstić information content (AvgIpc) is 2.05. The molecule has 1 aromatic carbocycles. The number of hydrogen-bond acceptors (Lipinski definition) is 2. The fraction of sp³-hybridized carbons (Fsp3) is 0.143. The van der Waals surface area contributed by atoms with Crippen molar-refractivity contribution in [3.8, 4) is 0 Å². The normalized spacial score (nSPS) is 14.5. The van der Waals surface area contributed by atoms with E-state index in [9.17, 15) is 4.57 Å². The quantitative estimate of drug-likeness (QED) is 0.554. The summed E-state index contributed by atoms with van der Waals surface area (Å²) in [7, 11) is -2.86. The molecule has 0 aliphatic heterocycles. The van der Waals surface area contributed by atoms with Crippen LogP contribution in [0.4, 0.5) is 0 Å². The van der Waals surface area contributed by atoms with Crippen LogP contribution in [-0.4, -0.2) is 61.4 Å². The van der Waals surface area contributed by atoms with Crippen LogP contribution in [0, 0.1) is 0 Å². The van der Waals surface area contributed by atoms with Gasteiger partial charge in [0.05, 0.1) is 0 Å². The Labute approximate surface area is 114 Å². The summed E-state index contributed by atoms with van der Waals surface area (Å²) < 4.78 is 10.4. The molecule has 0 saturated heterocycles. The van der Waals surface area contributed by atoms with Crippen molar-refractivity contribution in [3.63, 3.8) is 0 Å². The third-order valence-electron chi connectivity index (χ3n) is 1.35. The number of aliphatic hydroxyl groups excluding tert-OH is 1. The first kappa shape index (κ1) is 13.0. The third kappa shape index (κ3) is 3.81. The van der Waals surface area contributed by atoms with Gasteiger partial charge >= 0.3 is 51.4 Å². The SMILES string of the molecule is O=[PH](O)C(O)c1ccccc1.[KH]. The summed E-state index contributed by atoms with van der Waals surface area (Å²) in [5.41, 5.74) is 0.485.